The van der Waals surface area contributed by atoms with Gasteiger partial charge < -0.3 is 0 Å². The highest BCUT2D eigenvalue weighted by molar-refractivity contribution is 5.89. The summed E-state index contributed by atoms with van der Waals surface area (Å²) in [5.41, 5.74) is 2.87. The van der Waals surface area contributed by atoms with Crippen LogP contribution in [0.2, 0.25) is 0 Å². The number of hydrogen-bond acceptors (Lipinski definition) is 1. The van der Waals surface area contributed by atoms with Crippen molar-refractivity contribution in [2.24, 2.45) is 0 Å². The predicted octanol–water partition coefficient (Wildman–Crippen LogP) is 5.19. The van der Waals surface area contributed by atoms with Crippen LogP contribution in [0.3, 0.4) is 0 Å². The second-order valence-electron chi connectivity index (χ2n) is 6.02. The number of benzene rings is 2. The zero-order chi connectivity index (χ0) is 15.5. The molecule has 0 saturated heterocycles. The van der Waals surface area contributed by atoms with Gasteiger partial charge in [0.15, 0.2) is 0 Å². The maximum atomic E-state index is 13.8. The van der Waals surface area contributed by atoms with E-state index in [1.165, 1.54) is 11.6 Å². The summed E-state index contributed by atoms with van der Waals surface area (Å²) in [6, 6.07) is 16.4. The minimum Gasteiger partial charge on any atom is -0.206 e. The van der Waals surface area contributed by atoms with Gasteiger partial charge in [-0.15, -0.1) is 0 Å². The summed E-state index contributed by atoms with van der Waals surface area (Å²) < 4.78 is 13.8. The van der Waals surface area contributed by atoms with E-state index in [0.29, 0.717) is 11.1 Å². The summed E-state index contributed by atoms with van der Waals surface area (Å²) in [4.78, 5) is 0. The van der Waals surface area contributed by atoms with Gasteiger partial charge in [0.2, 0.25) is 0 Å². The van der Waals surface area contributed by atoms with Crippen molar-refractivity contribution < 1.29 is 4.39 Å². The molecule has 0 unspecified atom stereocenters. The van der Waals surface area contributed by atoms with Crippen molar-refractivity contribution in [1.82, 2.24) is 0 Å². The summed E-state index contributed by atoms with van der Waals surface area (Å²) in [7, 11) is 0. The van der Waals surface area contributed by atoms with Gasteiger partial charge in [-0.1, -0.05) is 63.2 Å². The molecule has 0 atom stereocenters. The molecule has 2 heteroatoms. The van der Waals surface area contributed by atoms with Crippen molar-refractivity contribution in [3.63, 3.8) is 0 Å². The van der Waals surface area contributed by atoms with Crippen molar-refractivity contribution in [2.75, 3.05) is 0 Å². The maximum absolute atomic E-state index is 13.8. The normalized spacial score (nSPS) is 12.0. The van der Waals surface area contributed by atoms with E-state index in [9.17, 15) is 9.65 Å². The third-order valence-electron chi connectivity index (χ3n) is 3.37. The van der Waals surface area contributed by atoms with Crippen LogP contribution < -0.4 is 0 Å². The fraction of sp³-hybridized carbons (Fsp3) is 0.211. The van der Waals surface area contributed by atoms with Crippen molar-refractivity contribution in [1.29, 1.82) is 5.26 Å². The van der Waals surface area contributed by atoms with Crippen LogP contribution in [-0.4, -0.2) is 0 Å². The Kier molecular flexibility index (Phi) is 4.23. The van der Waals surface area contributed by atoms with Crippen molar-refractivity contribution in [3.8, 4) is 6.07 Å². The van der Waals surface area contributed by atoms with Gasteiger partial charge in [0.25, 0.3) is 0 Å². The highest BCUT2D eigenvalue weighted by atomic mass is 19.1. The number of nitrogens with zero attached hydrogens (tertiary/aromatic N) is 1. The molecule has 2 rings (SSSR count). The van der Waals surface area contributed by atoms with E-state index in [2.05, 4.69) is 26.8 Å². The lowest BCUT2D eigenvalue weighted by molar-refractivity contribution is 0.590. The first kappa shape index (κ1) is 15.0. The molecule has 2 aromatic rings. The monoisotopic (exact) mass is 279 g/mol. The van der Waals surface area contributed by atoms with E-state index in [1.807, 2.05) is 24.3 Å². The smallest absolute Gasteiger partial charge is 0.131 e. The Labute approximate surface area is 125 Å². The highest BCUT2D eigenvalue weighted by Gasteiger charge is 2.13. The molecule has 0 radical (unpaired) electrons. The van der Waals surface area contributed by atoms with Crippen LogP contribution in [0.4, 0.5) is 4.39 Å². The Hall–Kier alpha value is -2.40. The van der Waals surface area contributed by atoms with Gasteiger partial charge in [-0.3, -0.25) is 0 Å². The fourth-order valence-electron chi connectivity index (χ4n) is 2.10. The topological polar surface area (TPSA) is 23.8 Å². The molecular formula is C19H18FN. The minimum atomic E-state index is -0.378. The number of allylic oxidation sites excluding steroid dienone is 1. The predicted molar refractivity (Wildman–Crippen MR) is 85.0 cm³/mol. The van der Waals surface area contributed by atoms with Crippen LogP contribution in [0, 0.1) is 17.1 Å². The van der Waals surface area contributed by atoms with Crippen LogP contribution in [-0.2, 0) is 5.41 Å². The molecule has 0 bridgehead atoms. The van der Waals surface area contributed by atoms with Gasteiger partial charge >= 0.3 is 0 Å². The Morgan fingerprint density at radius 1 is 1.05 bits per heavy atom. The fourth-order valence-corrected chi connectivity index (χ4v) is 2.10. The first-order chi connectivity index (χ1) is 9.91. The standard InChI is InChI=1S/C19H18FN/c1-19(2,3)16-10-8-14(9-11-16)12-15(13-21)17-6-4-5-7-18(17)20/h4-12H,1-3H3. The second-order valence-corrected chi connectivity index (χ2v) is 6.02. The Morgan fingerprint density at radius 3 is 2.19 bits per heavy atom. The van der Waals surface area contributed by atoms with Crippen molar-refractivity contribution in [3.05, 3.63) is 71.0 Å². The van der Waals surface area contributed by atoms with E-state index in [0.717, 1.165) is 5.56 Å². The molecule has 0 aliphatic carbocycles. The SMILES string of the molecule is CC(C)(C)c1ccc(C=C(C#N)c2ccccc2F)cc1. The third kappa shape index (κ3) is 3.58. The van der Waals surface area contributed by atoms with E-state index < -0.39 is 0 Å². The first-order valence-electron chi connectivity index (χ1n) is 6.89. The average Bonchev–Trinajstić information content (AvgIpc) is 2.45. The quantitative estimate of drug-likeness (QED) is 0.548. The van der Waals surface area contributed by atoms with Gasteiger partial charge in [0, 0.05) is 5.56 Å². The molecule has 0 spiro atoms. The van der Waals surface area contributed by atoms with E-state index in [1.54, 1.807) is 24.3 Å². The minimum absolute atomic E-state index is 0.0891. The molecule has 1 nitrogen and oxygen atoms in total. The summed E-state index contributed by atoms with van der Waals surface area (Å²) in [5, 5.41) is 9.26. The van der Waals surface area contributed by atoms with Crippen LogP contribution in [0.1, 0.15) is 37.5 Å². The summed E-state index contributed by atoms with van der Waals surface area (Å²) in [5.74, 6) is -0.378. The van der Waals surface area contributed by atoms with Gasteiger partial charge in [-0.05, 0) is 28.7 Å². The second kappa shape index (κ2) is 5.93. The highest BCUT2D eigenvalue weighted by Crippen LogP contribution is 2.24. The molecular weight excluding hydrogens is 261 g/mol. The molecule has 106 valence electrons. The molecule has 0 aromatic heterocycles. The molecule has 0 fully saturated rings. The summed E-state index contributed by atoms with van der Waals surface area (Å²) in [6.45, 7) is 6.45. The van der Waals surface area contributed by atoms with Crippen LogP contribution in [0.15, 0.2) is 48.5 Å². The number of nitriles is 1. The van der Waals surface area contributed by atoms with E-state index in [4.69, 9.17) is 0 Å². The van der Waals surface area contributed by atoms with Crippen LogP contribution in [0.25, 0.3) is 11.6 Å². The van der Waals surface area contributed by atoms with E-state index >= 15 is 0 Å². The van der Waals surface area contributed by atoms with Crippen molar-refractivity contribution >= 4 is 11.6 Å². The lowest BCUT2D eigenvalue weighted by Crippen LogP contribution is -2.10. The maximum Gasteiger partial charge on any atom is 0.131 e. The van der Waals surface area contributed by atoms with Crippen LogP contribution >= 0.6 is 0 Å². The lowest BCUT2D eigenvalue weighted by atomic mass is 9.86. The number of hydrogen-bond donors (Lipinski definition) is 0. The molecule has 21 heavy (non-hydrogen) atoms. The van der Waals surface area contributed by atoms with Gasteiger partial charge in [0.1, 0.15) is 5.82 Å². The summed E-state index contributed by atoms with van der Waals surface area (Å²) >= 11 is 0. The van der Waals surface area contributed by atoms with Crippen LogP contribution in [0.5, 0.6) is 0 Å². The molecule has 0 aliphatic heterocycles. The molecule has 0 saturated carbocycles. The number of halogens is 1. The van der Waals surface area contributed by atoms with Gasteiger partial charge in [-0.25, -0.2) is 4.39 Å². The Morgan fingerprint density at radius 2 is 1.67 bits per heavy atom. The Bertz CT molecular complexity index is 698. The first-order valence-corrected chi connectivity index (χ1v) is 6.89. The molecule has 0 amide bonds. The molecule has 0 heterocycles. The van der Waals surface area contributed by atoms with E-state index in [-0.39, 0.29) is 11.2 Å². The molecule has 0 N–H and O–H groups in total. The summed E-state index contributed by atoms with van der Waals surface area (Å²) in [6.07, 6.45) is 1.71. The van der Waals surface area contributed by atoms with Gasteiger partial charge in [-0.2, -0.15) is 5.26 Å². The zero-order valence-corrected chi connectivity index (χ0v) is 12.5. The largest absolute Gasteiger partial charge is 0.206 e. The van der Waals surface area contributed by atoms with Gasteiger partial charge in [0.05, 0.1) is 11.6 Å². The molecule has 2 aromatic carbocycles. The number of rotatable bonds is 2. The average molecular weight is 279 g/mol. The zero-order valence-electron chi connectivity index (χ0n) is 12.5. The Balaban J connectivity index is 2.38. The lowest BCUT2D eigenvalue weighted by Gasteiger charge is -2.18. The van der Waals surface area contributed by atoms with Crippen molar-refractivity contribution in [2.45, 2.75) is 26.2 Å². The third-order valence-corrected chi connectivity index (χ3v) is 3.37. The molecule has 0 aliphatic rings.